The van der Waals surface area contributed by atoms with Crippen LogP contribution in [0, 0.1) is 11.3 Å². The third-order valence-corrected chi connectivity index (χ3v) is 10.1. The van der Waals surface area contributed by atoms with Crippen molar-refractivity contribution in [1.29, 1.82) is 5.26 Å². The van der Waals surface area contributed by atoms with Gasteiger partial charge < -0.3 is 0 Å². The fraction of sp³-hybridized carbons (Fsp3) is 0. The molecule has 0 saturated heterocycles. The van der Waals surface area contributed by atoms with Crippen LogP contribution in [0.2, 0.25) is 0 Å². The molecule has 0 aliphatic carbocycles. The summed E-state index contributed by atoms with van der Waals surface area (Å²) >= 11 is 3.69. The molecular weight excluding hydrogens is 523 g/mol. The van der Waals surface area contributed by atoms with Gasteiger partial charge in [0.15, 0.2) is 0 Å². The largest absolute Gasteiger partial charge is 0.192 e. The van der Waals surface area contributed by atoms with Crippen molar-refractivity contribution in [2.45, 2.75) is 0 Å². The van der Waals surface area contributed by atoms with Crippen LogP contribution in [0.3, 0.4) is 0 Å². The number of fused-ring (bicyclic) bond motifs is 6. The van der Waals surface area contributed by atoms with Gasteiger partial charge in [-0.15, -0.1) is 22.7 Å². The molecule has 0 aliphatic heterocycles. The number of hydrogen-bond acceptors (Lipinski definition) is 3. The second-order valence-corrected chi connectivity index (χ2v) is 12.1. The van der Waals surface area contributed by atoms with Gasteiger partial charge in [0.05, 0.1) is 11.6 Å². The Morgan fingerprint density at radius 1 is 0.450 bits per heavy atom. The first-order valence-electron chi connectivity index (χ1n) is 13.2. The Morgan fingerprint density at radius 3 is 1.85 bits per heavy atom. The lowest BCUT2D eigenvalue weighted by Gasteiger charge is -2.18. The van der Waals surface area contributed by atoms with Gasteiger partial charge in [0.1, 0.15) is 0 Å². The average Bonchev–Trinajstić information content (AvgIpc) is 3.59. The molecule has 3 heteroatoms. The van der Waals surface area contributed by atoms with Crippen LogP contribution in [0.25, 0.3) is 73.7 Å². The lowest BCUT2D eigenvalue weighted by Crippen LogP contribution is -1.93. The molecule has 40 heavy (non-hydrogen) atoms. The molecular formula is C37H21NS2. The highest BCUT2D eigenvalue weighted by molar-refractivity contribution is 7.26. The summed E-state index contributed by atoms with van der Waals surface area (Å²) in [6.07, 6.45) is 0. The summed E-state index contributed by atoms with van der Waals surface area (Å²) in [4.78, 5) is 0. The lowest BCUT2D eigenvalue weighted by molar-refractivity contribution is 1.48. The van der Waals surface area contributed by atoms with Crippen molar-refractivity contribution in [2.75, 3.05) is 0 Å². The highest BCUT2D eigenvalue weighted by atomic mass is 32.1. The Labute approximate surface area is 239 Å². The first-order valence-corrected chi connectivity index (χ1v) is 14.9. The van der Waals surface area contributed by atoms with Crippen LogP contribution < -0.4 is 0 Å². The van der Waals surface area contributed by atoms with Crippen LogP contribution >= 0.6 is 22.7 Å². The second-order valence-electron chi connectivity index (χ2n) is 9.98. The second kappa shape index (κ2) is 9.17. The number of hydrogen-bond donors (Lipinski definition) is 0. The van der Waals surface area contributed by atoms with Gasteiger partial charge in [-0.05, 0) is 52.6 Å². The van der Waals surface area contributed by atoms with Crippen molar-refractivity contribution in [1.82, 2.24) is 0 Å². The molecule has 0 saturated carbocycles. The van der Waals surface area contributed by atoms with Crippen LogP contribution in [-0.2, 0) is 0 Å². The molecule has 2 aromatic heterocycles. The molecule has 0 atom stereocenters. The van der Waals surface area contributed by atoms with E-state index in [1.54, 1.807) is 0 Å². The van der Waals surface area contributed by atoms with E-state index in [0.29, 0.717) is 5.56 Å². The summed E-state index contributed by atoms with van der Waals surface area (Å²) in [6.45, 7) is 0. The smallest absolute Gasteiger partial charge is 0.0998 e. The van der Waals surface area contributed by atoms with Gasteiger partial charge >= 0.3 is 0 Å². The minimum Gasteiger partial charge on any atom is -0.192 e. The highest BCUT2D eigenvalue weighted by Gasteiger charge is 2.19. The normalized spacial score (nSPS) is 11.5. The minimum atomic E-state index is 0.683. The molecule has 6 aromatic carbocycles. The standard InChI is InChI=1S/C37H21NS2/c38-22-24-9-1-2-10-25(24)28-13-7-14-29(31-16-8-15-30-26-11-3-6-18-34(26)40-37(30)31)36(28)23-19-20-35-32(21-23)27-12-4-5-17-33(27)39-35/h1-21H. The number of nitriles is 1. The van der Waals surface area contributed by atoms with E-state index in [0.717, 1.165) is 22.3 Å². The molecule has 8 aromatic rings. The van der Waals surface area contributed by atoms with Gasteiger partial charge in [0, 0.05) is 51.5 Å². The molecule has 0 bridgehead atoms. The van der Waals surface area contributed by atoms with Crippen LogP contribution in [-0.4, -0.2) is 0 Å². The van der Waals surface area contributed by atoms with Gasteiger partial charge in [0.2, 0.25) is 0 Å². The van der Waals surface area contributed by atoms with E-state index in [1.807, 2.05) is 40.9 Å². The molecule has 0 unspecified atom stereocenters. The molecule has 2 heterocycles. The van der Waals surface area contributed by atoms with Gasteiger partial charge in [-0.2, -0.15) is 5.26 Å². The Bertz CT molecular complexity index is 2290. The maximum atomic E-state index is 10.0. The van der Waals surface area contributed by atoms with Crippen LogP contribution in [0.1, 0.15) is 5.56 Å². The summed E-state index contributed by atoms with van der Waals surface area (Å²) in [5, 5.41) is 15.2. The average molecular weight is 544 g/mol. The van der Waals surface area contributed by atoms with E-state index in [2.05, 4.69) is 115 Å². The van der Waals surface area contributed by atoms with Crippen molar-refractivity contribution in [3.63, 3.8) is 0 Å². The fourth-order valence-electron chi connectivity index (χ4n) is 5.97. The predicted octanol–water partition coefficient (Wildman–Crippen LogP) is 11.3. The molecule has 0 aliphatic rings. The van der Waals surface area contributed by atoms with Crippen molar-refractivity contribution in [3.8, 4) is 39.4 Å². The summed E-state index contributed by atoms with van der Waals surface area (Å²) in [7, 11) is 0. The fourth-order valence-corrected chi connectivity index (χ4v) is 8.29. The Morgan fingerprint density at radius 2 is 1.02 bits per heavy atom. The first kappa shape index (κ1) is 23.2. The number of thiophene rings is 2. The summed E-state index contributed by atoms with van der Waals surface area (Å²) < 4.78 is 5.17. The molecule has 0 N–H and O–H groups in total. The van der Waals surface area contributed by atoms with Crippen LogP contribution in [0.4, 0.5) is 0 Å². The SMILES string of the molecule is N#Cc1ccccc1-c1cccc(-c2cccc3c2sc2ccccc23)c1-c1ccc2sc3ccccc3c2c1. The zero-order valence-electron chi connectivity index (χ0n) is 21.4. The van der Waals surface area contributed by atoms with Crippen LogP contribution in [0.15, 0.2) is 127 Å². The Hall–Kier alpha value is -4.75. The van der Waals surface area contributed by atoms with E-state index < -0.39 is 0 Å². The number of benzene rings is 6. The topological polar surface area (TPSA) is 23.8 Å². The van der Waals surface area contributed by atoms with E-state index in [9.17, 15) is 5.26 Å². The first-order chi connectivity index (χ1) is 19.8. The molecule has 8 rings (SSSR count). The monoisotopic (exact) mass is 543 g/mol. The zero-order valence-corrected chi connectivity index (χ0v) is 23.0. The minimum absolute atomic E-state index is 0.683. The third kappa shape index (κ3) is 3.51. The molecule has 0 amide bonds. The van der Waals surface area contributed by atoms with Gasteiger partial charge in [-0.3, -0.25) is 0 Å². The van der Waals surface area contributed by atoms with Crippen molar-refractivity contribution in [3.05, 3.63) is 133 Å². The number of nitrogens with zero attached hydrogens (tertiary/aromatic N) is 1. The third-order valence-electron chi connectivity index (χ3n) is 7.76. The summed E-state index contributed by atoms with van der Waals surface area (Å²) in [5.41, 5.74) is 7.44. The van der Waals surface area contributed by atoms with E-state index >= 15 is 0 Å². The maximum absolute atomic E-state index is 10.0. The van der Waals surface area contributed by atoms with E-state index in [1.165, 1.54) is 51.5 Å². The Balaban J connectivity index is 1.49. The molecule has 1 nitrogen and oxygen atoms in total. The lowest BCUT2D eigenvalue weighted by atomic mass is 9.85. The predicted molar refractivity (Wildman–Crippen MR) is 173 cm³/mol. The molecule has 0 spiro atoms. The van der Waals surface area contributed by atoms with Gasteiger partial charge in [-0.1, -0.05) is 97.1 Å². The van der Waals surface area contributed by atoms with Crippen molar-refractivity contribution >= 4 is 63.0 Å². The molecule has 0 fully saturated rings. The summed E-state index contributed by atoms with van der Waals surface area (Å²) in [5.74, 6) is 0. The maximum Gasteiger partial charge on any atom is 0.0998 e. The molecule has 0 radical (unpaired) electrons. The quantitative estimate of drug-likeness (QED) is 0.217. The summed E-state index contributed by atoms with van der Waals surface area (Å²) in [6, 6.07) is 47.7. The van der Waals surface area contributed by atoms with E-state index in [-0.39, 0.29) is 0 Å². The number of rotatable bonds is 3. The Kier molecular flexibility index (Phi) is 5.31. The van der Waals surface area contributed by atoms with E-state index in [4.69, 9.17) is 0 Å². The van der Waals surface area contributed by atoms with Gasteiger partial charge in [0.25, 0.3) is 0 Å². The zero-order chi connectivity index (χ0) is 26.6. The van der Waals surface area contributed by atoms with Crippen LogP contribution in [0.5, 0.6) is 0 Å². The molecule has 186 valence electrons. The van der Waals surface area contributed by atoms with Crippen molar-refractivity contribution in [2.24, 2.45) is 0 Å². The van der Waals surface area contributed by atoms with Crippen molar-refractivity contribution < 1.29 is 0 Å². The highest BCUT2D eigenvalue weighted by Crippen LogP contribution is 2.47. The van der Waals surface area contributed by atoms with Gasteiger partial charge in [-0.25, -0.2) is 0 Å².